The molecular formula is C25H27F2N3O3S. The number of likely N-dealkylation sites (tertiary alicyclic amines) is 1. The van der Waals surface area contributed by atoms with Gasteiger partial charge in [0.05, 0.1) is 11.6 Å². The van der Waals surface area contributed by atoms with Crippen LogP contribution in [0.25, 0.3) is 0 Å². The number of fused-ring (bicyclic) bond motifs is 1. The van der Waals surface area contributed by atoms with E-state index in [4.69, 9.17) is 0 Å². The number of nitrogens with zero attached hydrogens (tertiary/aromatic N) is 2. The zero-order valence-corrected chi connectivity index (χ0v) is 19.9. The number of benzene rings is 1. The first-order valence-electron chi connectivity index (χ1n) is 11.4. The van der Waals surface area contributed by atoms with Crippen molar-refractivity contribution in [2.24, 2.45) is 11.8 Å². The van der Waals surface area contributed by atoms with Crippen molar-refractivity contribution in [2.45, 2.75) is 55.6 Å². The summed E-state index contributed by atoms with van der Waals surface area (Å²) in [5.41, 5.74) is 0.611. The van der Waals surface area contributed by atoms with Gasteiger partial charge in [0, 0.05) is 35.2 Å². The van der Waals surface area contributed by atoms with Crippen LogP contribution in [-0.2, 0) is 14.3 Å². The molecule has 3 fully saturated rings. The van der Waals surface area contributed by atoms with E-state index in [0.29, 0.717) is 11.3 Å². The number of halogens is 2. The molecule has 1 aromatic carbocycles. The number of piperidine rings is 1. The van der Waals surface area contributed by atoms with Crippen molar-refractivity contribution in [1.82, 2.24) is 15.2 Å². The molecular weight excluding hydrogens is 460 g/mol. The van der Waals surface area contributed by atoms with Crippen LogP contribution in [0.2, 0.25) is 0 Å². The lowest BCUT2D eigenvalue weighted by molar-refractivity contribution is -0.126. The van der Waals surface area contributed by atoms with E-state index in [1.54, 1.807) is 4.90 Å². The van der Waals surface area contributed by atoms with Crippen LogP contribution in [0.4, 0.5) is 8.78 Å². The largest absolute Gasteiger partial charge is 0.347 e. The van der Waals surface area contributed by atoms with Crippen LogP contribution in [0, 0.1) is 30.4 Å². The highest BCUT2D eigenvalue weighted by Gasteiger charge is 2.56. The summed E-state index contributed by atoms with van der Waals surface area (Å²) in [6, 6.07) is 2.46. The van der Waals surface area contributed by atoms with Crippen LogP contribution < -0.4 is 5.32 Å². The minimum Gasteiger partial charge on any atom is -0.347 e. The van der Waals surface area contributed by atoms with E-state index in [1.807, 2.05) is 0 Å². The van der Waals surface area contributed by atoms with E-state index < -0.39 is 33.2 Å². The van der Waals surface area contributed by atoms with Crippen molar-refractivity contribution in [1.29, 1.82) is 0 Å². The molecule has 2 aliphatic carbocycles. The lowest BCUT2D eigenvalue weighted by Gasteiger charge is -2.29. The van der Waals surface area contributed by atoms with Gasteiger partial charge in [-0.2, -0.15) is 0 Å². The van der Waals surface area contributed by atoms with Gasteiger partial charge in [-0.15, -0.1) is 0 Å². The Bertz CT molecular complexity index is 1290. The van der Waals surface area contributed by atoms with Gasteiger partial charge >= 0.3 is 0 Å². The molecule has 6 nitrogen and oxygen atoms in total. The van der Waals surface area contributed by atoms with Gasteiger partial charge in [0.1, 0.15) is 17.7 Å². The molecule has 3 aliphatic rings. The first-order chi connectivity index (χ1) is 16.0. The SMILES string of the molecule is C=S(C)(=O)c1cncc(C(=O)N2[C@@H](C(=O)N[C@@H](c3cc(F)c(C)cc3F)C3CC3)C[C@H]3C[C@H]32)c1. The number of amides is 2. The second-order valence-corrected chi connectivity index (χ2v) is 12.4. The fourth-order valence-corrected chi connectivity index (χ4v) is 5.59. The molecule has 2 saturated carbocycles. The first kappa shape index (κ1) is 23.0. The summed E-state index contributed by atoms with van der Waals surface area (Å²) in [6.45, 7) is 1.50. The summed E-state index contributed by atoms with van der Waals surface area (Å²) >= 11 is 0. The Balaban J connectivity index is 1.40. The minimum absolute atomic E-state index is 0.0365. The number of hydrogen-bond donors (Lipinski definition) is 1. The highest BCUT2D eigenvalue weighted by molar-refractivity contribution is 7.99. The van der Waals surface area contributed by atoms with Crippen molar-refractivity contribution in [3.8, 4) is 0 Å². The third-order valence-electron chi connectivity index (χ3n) is 7.10. The van der Waals surface area contributed by atoms with Crippen molar-refractivity contribution in [3.05, 3.63) is 58.9 Å². The van der Waals surface area contributed by atoms with E-state index >= 15 is 0 Å². The van der Waals surface area contributed by atoms with Crippen molar-refractivity contribution in [2.75, 3.05) is 6.26 Å². The molecule has 2 amide bonds. The Morgan fingerprint density at radius 3 is 2.59 bits per heavy atom. The summed E-state index contributed by atoms with van der Waals surface area (Å²) in [6.07, 6.45) is 7.29. The molecule has 5 atom stereocenters. The molecule has 0 spiro atoms. The average Bonchev–Trinajstić information content (AvgIpc) is 3.72. The summed E-state index contributed by atoms with van der Waals surface area (Å²) in [5.74, 6) is 2.16. The summed E-state index contributed by atoms with van der Waals surface area (Å²) in [5, 5.41) is 2.93. The number of pyridine rings is 1. The van der Waals surface area contributed by atoms with Gasteiger partial charge in [0.15, 0.2) is 0 Å². The molecule has 180 valence electrons. The molecule has 9 heteroatoms. The maximum Gasteiger partial charge on any atom is 0.256 e. The molecule has 1 N–H and O–H groups in total. The number of carbonyl (C=O) groups excluding carboxylic acids is 2. The fourth-order valence-electron chi connectivity index (χ4n) is 4.93. The smallest absolute Gasteiger partial charge is 0.256 e. The third kappa shape index (κ3) is 4.21. The number of rotatable bonds is 6. The van der Waals surface area contributed by atoms with E-state index in [9.17, 15) is 22.6 Å². The monoisotopic (exact) mass is 487 g/mol. The molecule has 1 saturated heterocycles. The van der Waals surface area contributed by atoms with Gasteiger partial charge in [0.25, 0.3) is 5.91 Å². The number of aryl methyl sites for hydroxylation is 1. The Kier molecular flexibility index (Phi) is 5.50. The minimum atomic E-state index is -2.55. The molecule has 1 aromatic heterocycles. The highest BCUT2D eigenvalue weighted by Crippen LogP contribution is 2.49. The average molecular weight is 488 g/mol. The summed E-state index contributed by atoms with van der Waals surface area (Å²) < 4.78 is 41.2. The predicted molar refractivity (Wildman–Crippen MR) is 125 cm³/mol. The zero-order valence-electron chi connectivity index (χ0n) is 19.1. The molecule has 2 heterocycles. The number of hydrogen-bond acceptors (Lipinski definition) is 4. The maximum absolute atomic E-state index is 14.7. The van der Waals surface area contributed by atoms with Gasteiger partial charge in [-0.3, -0.25) is 18.8 Å². The number of carbonyl (C=O) groups is 2. The molecule has 2 aromatic rings. The quantitative estimate of drug-likeness (QED) is 0.635. The first-order valence-corrected chi connectivity index (χ1v) is 13.5. The molecule has 0 bridgehead atoms. The van der Waals surface area contributed by atoms with Crippen molar-refractivity contribution < 1.29 is 22.6 Å². The number of nitrogens with one attached hydrogen (secondary N) is 1. The lowest BCUT2D eigenvalue weighted by atomic mass is 9.99. The van der Waals surface area contributed by atoms with Crippen LogP contribution in [0.5, 0.6) is 0 Å². The lowest BCUT2D eigenvalue weighted by Crippen LogP contribution is -2.49. The van der Waals surface area contributed by atoms with Crippen LogP contribution in [-0.4, -0.2) is 50.1 Å². The third-order valence-corrected chi connectivity index (χ3v) is 8.32. The topological polar surface area (TPSA) is 79.4 Å². The highest BCUT2D eigenvalue weighted by atomic mass is 32.2. The predicted octanol–water partition coefficient (Wildman–Crippen LogP) is 3.24. The van der Waals surface area contributed by atoms with E-state index in [2.05, 4.69) is 16.2 Å². The second-order valence-electron chi connectivity index (χ2n) is 9.89. The standard InChI is InChI=1S/C25H27F2N3O3S/c1-13-6-20(27)18(10-19(13)26)23(14-4-5-14)29-24(31)22-9-15-8-21(15)30(22)25(32)16-7-17(12-28-11-16)34(2,3)33/h6-7,10-12,14-15,21-23H,2,4-5,8-9H2,1,3H3,(H,29,31)/t15-,21-,22-,23-,34?/m1/s1. The number of aromatic nitrogens is 1. The van der Waals surface area contributed by atoms with Crippen molar-refractivity contribution in [3.63, 3.8) is 0 Å². The molecule has 1 aliphatic heterocycles. The van der Waals surface area contributed by atoms with E-state index in [0.717, 1.165) is 25.3 Å². The van der Waals surface area contributed by atoms with Gasteiger partial charge in [-0.25, -0.2) is 8.78 Å². The van der Waals surface area contributed by atoms with E-state index in [-0.39, 0.29) is 46.4 Å². The van der Waals surface area contributed by atoms with Gasteiger partial charge in [-0.05, 0) is 83.6 Å². The second kappa shape index (κ2) is 8.15. The zero-order chi connectivity index (χ0) is 24.4. The Morgan fingerprint density at radius 2 is 1.91 bits per heavy atom. The Hall–Kier alpha value is -2.81. The fraction of sp³-hybridized carbons (Fsp3) is 0.440. The Morgan fingerprint density at radius 1 is 1.18 bits per heavy atom. The van der Waals surface area contributed by atoms with Crippen LogP contribution in [0.3, 0.4) is 0 Å². The molecule has 0 radical (unpaired) electrons. The molecule has 1 unspecified atom stereocenters. The Labute approximate surface area is 197 Å². The molecule has 34 heavy (non-hydrogen) atoms. The summed E-state index contributed by atoms with van der Waals surface area (Å²) in [7, 11) is -2.55. The van der Waals surface area contributed by atoms with Crippen LogP contribution >= 0.6 is 0 Å². The normalized spacial score (nSPS) is 25.9. The maximum atomic E-state index is 14.7. The van der Waals surface area contributed by atoms with Gasteiger partial charge < -0.3 is 10.2 Å². The van der Waals surface area contributed by atoms with Gasteiger partial charge in [-0.1, -0.05) is 0 Å². The molecule has 5 rings (SSSR count). The summed E-state index contributed by atoms with van der Waals surface area (Å²) in [4.78, 5) is 32.8. The van der Waals surface area contributed by atoms with Crippen LogP contribution in [0.1, 0.15) is 53.2 Å². The van der Waals surface area contributed by atoms with Crippen molar-refractivity contribution >= 4 is 27.2 Å². The van der Waals surface area contributed by atoms with Crippen LogP contribution in [0.15, 0.2) is 35.5 Å². The van der Waals surface area contributed by atoms with Gasteiger partial charge in [0.2, 0.25) is 5.91 Å². The van der Waals surface area contributed by atoms with E-state index in [1.165, 1.54) is 37.7 Å².